The zero-order valence-electron chi connectivity index (χ0n) is 7.17. The predicted octanol–water partition coefficient (Wildman–Crippen LogP) is 2.66. The number of halogens is 1. The molecule has 0 aliphatic heterocycles. The lowest BCUT2D eigenvalue weighted by Gasteiger charge is -2.10. The minimum absolute atomic E-state index is 0.197. The second kappa shape index (κ2) is 3.98. The second-order valence-electron chi connectivity index (χ2n) is 2.89. The molecule has 0 bridgehead atoms. The highest BCUT2D eigenvalue weighted by Crippen LogP contribution is 2.20. The first kappa shape index (κ1) is 9.64. The molecule has 0 heterocycles. The van der Waals surface area contributed by atoms with Gasteiger partial charge in [-0.15, -0.1) is 0 Å². The Morgan fingerprint density at radius 3 is 2.50 bits per heavy atom. The molecule has 0 aliphatic rings. The average Bonchev–Trinajstić information content (AvgIpc) is 1.81. The van der Waals surface area contributed by atoms with E-state index >= 15 is 0 Å². The molecule has 0 atom stereocenters. The average molecular weight is 277 g/mol. The molecule has 0 saturated heterocycles. The summed E-state index contributed by atoms with van der Waals surface area (Å²) in [4.78, 5) is 0. The van der Waals surface area contributed by atoms with Gasteiger partial charge in [-0.05, 0) is 48.6 Å². The fraction of sp³-hybridized carbons (Fsp3) is 0.333. The smallest absolute Gasteiger partial charge is 0.122 e. The van der Waals surface area contributed by atoms with Crippen molar-refractivity contribution in [1.82, 2.24) is 0 Å². The van der Waals surface area contributed by atoms with E-state index in [1.165, 1.54) is 0 Å². The van der Waals surface area contributed by atoms with E-state index in [0.717, 1.165) is 15.0 Å². The van der Waals surface area contributed by atoms with Crippen LogP contribution in [0.2, 0.25) is 0 Å². The van der Waals surface area contributed by atoms with Crippen LogP contribution in [-0.2, 0) is 0 Å². The fourth-order valence-electron chi connectivity index (χ4n) is 0.925. The number of hydrogen-bond acceptors (Lipinski definition) is 2. The summed E-state index contributed by atoms with van der Waals surface area (Å²) >= 11 is 2.22. The normalized spacial score (nSPS) is 10.3. The Morgan fingerprint density at radius 2 is 2.00 bits per heavy atom. The molecule has 2 N–H and O–H groups in total. The molecule has 1 aromatic carbocycles. The summed E-state index contributed by atoms with van der Waals surface area (Å²) < 4.78 is 6.59. The molecule has 66 valence electrons. The predicted molar refractivity (Wildman–Crippen MR) is 59.3 cm³/mol. The molecule has 1 aromatic rings. The van der Waals surface area contributed by atoms with E-state index in [1.54, 1.807) is 0 Å². The topological polar surface area (TPSA) is 35.2 Å². The monoisotopic (exact) mass is 277 g/mol. The Labute approximate surface area is 86.2 Å². The molecule has 0 unspecified atom stereocenters. The standard InChI is InChI=1S/C9H12INO/c1-6(2)12-9-4-7(10)3-8(11)5-9/h3-6H,11H2,1-2H3. The molecule has 3 heteroatoms. The first-order valence-electron chi connectivity index (χ1n) is 3.80. The van der Waals surface area contributed by atoms with E-state index in [4.69, 9.17) is 10.5 Å². The van der Waals surface area contributed by atoms with Gasteiger partial charge in [-0.25, -0.2) is 0 Å². The highest BCUT2D eigenvalue weighted by Gasteiger charge is 1.99. The summed E-state index contributed by atoms with van der Waals surface area (Å²) in [6, 6.07) is 5.72. The molecule has 0 aromatic heterocycles. The number of hydrogen-bond donors (Lipinski definition) is 1. The summed E-state index contributed by atoms with van der Waals surface area (Å²) in [5.74, 6) is 0.842. The lowest BCUT2D eigenvalue weighted by Crippen LogP contribution is -2.05. The third-order valence-corrected chi connectivity index (χ3v) is 1.89. The lowest BCUT2D eigenvalue weighted by atomic mass is 10.3. The van der Waals surface area contributed by atoms with Gasteiger partial charge in [0, 0.05) is 15.3 Å². The van der Waals surface area contributed by atoms with Gasteiger partial charge in [0.25, 0.3) is 0 Å². The van der Waals surface area contributed by atoms with Crippen LogP contribution < -0.4 is 10.5 Å². The van der Waals surface area contributed by atoms with Crippen LogP contribution in [0.25, 0.3) is 0 Å². The minimum Gasteiger partial charge on any atom is -0.491 e. The molecule has 1 rings (SSSR count). The van der Waals surface area contributed by atoms with Crippen molar-refractivity contribution in [3.05, 3.63) is 21.8 Å². The van der Waals surface area contributed by atoms with E-state index in [1.807, 2.05) is 32.0 Å². The number of ether oxygens (including phenoxy) is 1. The summed E-state index contributed by atoms with van der Waals surface area (Å²) in [5.41, 5.74) is 6.40. The molecule has 0 fully saturated rings. The maximum absolute atomic E-state index is 5.65. The van der Waals surface area contributed by atoms with Crippen molar-refractivity contribution < 1.29 is 4.74 Å². The van der Waals surface area contributed by atoms with Gasteiger partial charge in [0.15, 0.2) is 0 Å². The molecule has 0 amide bonds. The summed E-state index contributed by atoms with van der Waals surface area (Å²) in [5, 5.41) is 0. The van der Waals surface area contributed by atoms with Gasteiger partial charge >= 0.3 is 0 Å². The lowest BCUT2D eigenvalue weighted by molar-refractivity contribution is 0.242. The van der Waals surface area contributed by atoms with Crippen LogP contribution in [0.5, 0.6) is 5.75 Å². The third-order valence-electron chi connectivity index (χ3n) is 1.27. The zero-order valence-corrected chi connectivity index (χ0v) is 9.33. The highest BCUT2D eigenvalue weighted by molar-refractivity contribution is 14.1. The van der Waals surface area contributed by atoms with Gasteiger partial charge in [0.05, 0.1) is 6.10 Å². The molecular weight excluding hydrogens is 265 g/mol. The molecule has 12 heavy (non-hydrogen) atoms. The van der Waals surface area contributed by atoms with Gasteiger partial charge < -0.3 is 10.5 Å². The van der Waals surface area contributed by atoms with Crippen LogP contribution in [0.1, 0.15) is 13.8 Å². The van der Waals surface area contributed by atoms with Gasteiger partial charge in [0.2, 0.25) is 0 Å². The van der Waals surface area contributed by atoms with Crippen LogP contribution in [0.15, 0.2) is 18.2 Å². The van der Waals surface area contributed by atoms with Gasteiger partial charge in [0.1, 0.15) is 5.75 Å². The van der Waals surface area contributed by atoms with Crippen LogP contribution >= 0.6 is 22.6 Å². The summed E-state index contributed by atoms with van der Waals surface area (Å²) in [6.07, 6.45) is 0.197. The van der Waals surface area contributed by atoms with Crippen molar-refractivity contribution >= 4 is 28.3 Å². The van der Waals surface area contributed by atoms with Crippen molar-refractivity contribution in [3.63, 3.8) is 0 Å². The number of nitrogens with two attached hydrogens (primary N) is 1. The molecular formula is C9H12INO. The SMILES string of the molecule is CC(C)Oc1cc(N)cc(I)c1. The zero-order chi connectivity index (χ0) is 9.14. The fourth-order valence-corrected chi connectivity index (χ4v) is 1.59. The number of anilines is 1. The van der Waals surface area contributed by atoms with Crippen molar-refractivity contribution in [2.45, 2.75) is 20.0 Å². The summed E-state index contributed by atoms with van der Waals surface area (Å²) in [6.45, 7) is 3.99. The van der Waals surface area contributed by atoms with Crippen LogP contribution in [0.3, 0.4) is 0 Å². The Kier molecular flexibility index (Phi) is 3.20. The van der Waals surface area contributed by atoms with Gasteiger partial charge in [-0.3, -0.25) is 0 Å². The Hall–Kier alpha value is -0.450. The number of nitrogen functional groups attached to an aromatic ring is 1. The Balaban J connectivity index is 2.85. The van der Waals surface area contributed by atoms with Gasteiger partial charge in [-0.2, -0.15) is 0 Å². The summed E-state index contributed by atoms with van der Waals surface area (Å²) in [7, 11) is 0. The maximum Gasteiger partial charge on any atom is 0.122 e. The van der Waals surface area contributed by atoms with Crippen LogP contribution in [-0.4, -0.2) is 6.10 Å². The third kappa shape index (κ3) is 2.89. The van der Waals surface area contributed by atoms with Crippen molar-refractivity contribution in [2.24, 2.45) is 0 Å². The first-order chi connectivity index (χ1) is 5.58. The Bertz CT molecular complexity index is 253. The van der Waals surface area contributed by atoms with Crippen LogP contribution in [0.4, 0.5) is 5.69 Å². The maximum atomic E-state index is 5.65. The number of benzene rings is 1. The molecule has 0 saturated carbocycles. The quantitative estimate of drug-likeness (QED) is 0.666. The van der Waals surface area contributed by atoms with Gasteiger partial charge in [-0.1, -0.05) is 0 Å². The Morgan fingerprint density at radius 1 is 1.33 bits per heavy atom. The molecule has 2 nitrogen and oxygen atoms in total. The number of rotatable bonds is 2. The van der Waals surface area contributed by atoms with Crippen molar-refractivity contribution in [3.8, 4) is 5.75 Å². The largest absolute Gasteiger partial charge is 0.491 e. The van der Waals surface area contributed by atoms with E-state index in [9.17, 15) is 0 Å². The van der Waals surface area contributed by atoms with Crippen molar-refractivity contribution in [2.75, 3.05) is 5.73 Å². The van der Waals surface area contributed by atoms with E-state index in [2.05, 4.69) is 22.6 Å². The molecule has 0 aliphatic carbocycles. The highest BCUT2D eigenvalue weighted by atomic mass is 127. The van der Waals surface area contributed by atoms with E-state index in [0.29, 0.717) is 0 Å². The second-order valence-corrected chi connectivity index (χ2v) is 4.13. The minimum atomic E-state index is 0.197. The molecule has 0 spiro atoms. The molecule has 0 radical (unpaired) electrons. The van der Waals surface area contributed by atoms with Crippen molar-refractivity contribution in [1.29, 1.82) is 0 Å². The van der Waals surface area contributed by atoms with E-state index < -0.39 is 0 Å². The van der Waals surface area contributed by atoms with E-state index in [-0.39, 0.29) is 6.10 Å². The van der Waals surface area contributed by atoms with Crippen LogP contribution in [0, 0.1) is 3.57 Å². The first-order valence-corrected chi connectivity index (χ1v) is 4.88.